The van der Waals surface area contributed by atoms with Crippen LogP contribution < -0.4 is 14.2 Å². The van der Waals surface area contributed by atoms with Crippen molar-refractivity contribution < 1.29 is 33.3 Å². The predicted molar refractivity (Wildman–Crippen MR) is 125 cm³/mol. The zero-order chi connectivity index (χ0) is 23.8. The van der Waals surface area contributed by atoms with E-state index in [0.717, 1.165) is 16.7 Å². The minimum atomic E-state index is -0.567. The summed E-state index contributed by atoms with van der Waals surface area (Å²) >= 11 is 7.17. The number of hydrogen-bond acceptors (Lipinski definition) is 8. The Morgan fingerprint density at radius 3 is 2.58 bits per heavy atom. The molecule has 0 unspecified atom stereocenters. The molecule has 0 atom stereocenters. The first-order valence-electron chi connectivity index (χ1n) is 10.0. The molecule has 10 heteroatoms. The molecule has 0 spiro atoms. The van der Waals surface area contributed by atoms with Gasteiger partial charge in [-0.1, -0.05) is 29.8 Å². The number of methoxy groups -OCH3 is 1. The van der Waals surface area contributed by atoms with Crippen LogP contribution >= 0.6 is 23.4 Å². The highest BCUT2D eigenvalue weighted by Crippen LogP contribution is 2.39. The van der Waals surface area contributed by atoms with E-state index in [1.54, 1.807) is 37.3 Å². The van der Waals surface area contributed by atoms with Crippen molar-refractivity contribution in [2.45, 2.75) is 6.92 Å². The molecule has 2 amide bonds. The molecular weight excluding hydrogens is 470 g/mol. The van der Waals surface area contributed by atoms with Crippen molar-refractivity contribution >= 4 is 46.6 Å². The third-order valence-electron chi connectivity index (χ3n) is 4.39. The Labute approximate surface area is 200 Å². The van der Waals surface area contributed by atoms with Crippen LogP contribution in [-0.2, 0) is 14.3 Å². The van der Waals surface area contributed by atoms with Crippen LogP contribution in [-0.4, -0.2) is 55.5 Å². The number of rotatable bonds is 10. The molecule has 174 valence electrons. The van der Waals surface area contributed by atoms with Crippen LogP contribution in [0, 0.1) is 0 Å². The molecule has 0 aromatic heterocycles. The van der Waals surface area contributed by atoms with E-state index >= 15 is 0 Å². The molecule has 0 N–H and O–H groups in total. The fraction of sp³-hybridized carbons (Fsp3) is 0.261. The lowest BCUT2D eigenvalue weighted by molar-refractivity contribution is -0.142. The summed E-state index contributed by atoms with van der Waals surface area (Å²) in [4.78, 5) is 37.9. The summed E-state index contributed by atoms with van der Waals surface area (Å²) in [6.45, 7) is 2.09. The Hall–Kier alpha value is -3.17. The van der Waals surface area contributed by atoms with Gasteiger partial charge in [-0.2, -0.15) is 0 Å². The number of hydrogen-bond donors (Lipinski definition) is 0. The summed E-state index contributed by atoms with van der Waals surface area (Å²) in [6, 6.07) is 12.3. The Balaban J connectivity index is 1.73. The standard InChI is InChI=1S/C23H22ClNO7S/c1-3-30-18-12-15(11-17(24)21(18)32-14-20(26)29-2)13-19-22(27)25(23(28)33-19)9-10-31-16-7-5-4-6-8-16/h4-8,11-13H,3,9-10,14H2,1-2H3/b19-13-. The number of carbonyl (C=O) groups excluding carboxylic acids is 3. The normalized spacial score (nSPS) is 14.5. The molecule has 8 nitrogen and oxygen atoms in total. The largest absolute Gasteiger partial charge is 0.492 e. The van der Waals surface area contributed by atoms with E-state index in [1.807, 2.05) is 18.2 Å². The smallest absolute Gasteiger partial charge is 0.343 e. The average molecular weight is 492 g/mol. The maximum atomic E-state index is 12.8. The zero-order valence-corrected chi connectivity index (χ0v) is 19.6. The number of imide groups is 1. The summed E-state index contributed by atoms with van der Waals surface area (Å²) in [6.07, 6.45) is 1.56. The highest BCUT2D eigenvalue weighted by Gasteiger charge is 2.35. The Morgan fingerprint density at radius 2 is 1.88 bits per heavy atom. The van der Waals surface area contributed by atoms with Gasteiger partial charge in [0.25, 0.3) is 11.1 Å². The summed E-state index contributed by atoms with van der Waals surface area (Å²) in [7, 11) is 1.25. The van der Waals surface area contributed by atoms with E-state index in [9.17, 15) is 14.4 Å². The van der Waals surface area contributed by atoms with Gasteiger partial charge in [-0.3, -0.25) is 14.5 Å². The fourth-order valence-corrected chi connectivity index (χ4v) is 4.02. The van der Waals surface area contributed by atoms with E-state index in [0.29, 0.717) is 23.7 Å². The first kappa shape index (κ1) is 24.5. The van der Waals surface area contributed by atoms with E-state index in [2.05, 4.69) is 4.74 Å². The maximum Gasteiger partial charge on any atom is 0.343 e. The Morgan fingerprint density at radius 1 is 1.12 bits per heavy atom. The number of carbonyl (C=O) groups is 3. The predicted octanol–water partition coefficient (Wildman–Crippen LogP) is 4.41. The summed E-state index contributed by atoms with van der Waals surface area (Å²) < 4.78 is 21.2. The quantitative estimate of drug-likeness (QED) is 0.356. The lowest BCUT2D eigenvalue weighted by Crippen LogP contribution is -2.32. The van der Waals surface area contributed by atoms with Gasteiger partial charge in [0, 0.05) is 0 Å². The number of nitrogens with zero attached hydrogens (tertiary/aromatic N) is 1. The lowest BCUT2D eigenvalue weighted by atomic mass is 10.1. The van der Waals surface area contributed by atoms with Crippen LogP contribution in [0.1, 0.15) is 12.5 Å². The van der Waals surface area contributed by atoms with E-state index in [1.165, 1.54) is 7.11 Å². The molecule has 3 rings (SSSR count). The second-order valence-electron chi connectivity index (χ2n) is 6.62. The highest BCUT2D eigenvalue weighted by atomic mass is 35.5. The van der Waals surface area contributed by atoms with Gasteiger partial charge in [0.15, 0.2) is 18.1 Å². The molecule has 1 fully saturated rings. The van der Waals surface area contributed by atoms with Crippen molar-refractivity contribution in [2.24, 2.45) is 0 Å². The number of para-hydroxylation sites is 1. The van der Waals surface area contributed by atoms with Gasteiger partial charge < -0.3 is 18.9 Å². The summed E-state index contributed by atoms with van der Waals surface area (Å²) in [5.41, 5.74) is 0.542. The average Bonchev–Trinajstić information content (AvgIpc) is 3.06. The van der Waals surface area contributed by atoms with Crippen LogP contribution in [0.25, 0.3) is 6.08 Å². The molecule has 2 aromatic carbocycles. The van der Waals surface area contributed by atoms with Crippen molar-refractivity contribution in [3.8, 4) is 17.2 Å². The van der Waals surface area contributed by atoms with Gasteiger partial charge in [0.2, 0.25) is 0 Å². The first-order chi connectivity index (χ1) is 15.9. The minimum absolute atomic E-state index is 0.127. The van der Waals surface area contributed by atoms with Crippen molar-refractivity contribution in [1.82, 2.24) is 4.90 Å². The fourth-order valence-electron chi connectivity index (χ4n) is 2.88. The molecule has 0 aliphatic carbocycles. The molecule has 1 heterocycles. The van der Waals surface area contributed by atoms with E-state index in [4.69, 9.17) is 25.8 Å². The minimum Gasteiger partial charge on any atom is -0.492 e. The topological polar surface area (TPSA) is 91.4 Å². The number of ether oxygens (including phenoxy) is 4. The van der Waals surface area contributed by atoms with Gasteiger partial charge in [0.1, 0.15) is 12.4 Å². The summed E-state index contributed by atoms with van der Waals surface area (Å²) in [5.74, 6) is 0.166. The Kier molecular flexibility index (Phi) is 8.62. The van der Waals surface area contributed by atoms with Crippen molar-refractivity contribution in [1.29, 1.82) is 0 Å². The monoisotopic (exact) mass is 491 g/mol. The second kappa shape index (κ2) is 11.6. The number of esters is 1. The summed E-state index contributed by atoms with van der Waals surface area (Å²) in [5, 5.41) is -0.191. The zero-order valence-electron chi connectivity index (χ0n) is 18.0. The van der Waals surface area contributed by atoms with Gasteiger partial charge >= 0.3 is 5.97 Å². The molecule has 0 bridgehead atoms. The van der Waals surface area contributed by atoms with Crippen molar-refractivity contribution in [2.75, 3.05) is 33.5 Å². The van der Waals surface area contributed by atoms with Crippen LogP contribution in [0.4, 0.5) is 4.79 Å². The number of halogens is 1. The maximum absolute atomic E-state index is 12.8. The number of thioether (sulfide) groups is 1. The highest BCUT2D eigenvalue weighted by molar-refractivity contribution is 8.18. The first-order valence-corrected chi connectivity index (χ1v) is 11.2. The third-order valence-corrected chi connectivity index (χ3v) is 5.58. The van der Waals surface area contributed by atoms with Gasteiger partial charge in [0.05, 0.1) is 30.2 Å². The SMILES string of the molecule is CCOc1cc(/C=C2\SC(=O)N(CCOc3ccccc3)C2=O)cc(Cl)c1OCC(=O)OC. The van der Waals surface area contributed by atoms with Crippen LogP contribution in [0.5, 0.6) is 17.2 Å². The number of benzene rings is 2. The van der Waals surface area contributed by atoms with Crippen LogP contribution in [0.3, 0.4) is 0 Å². The molecule has 1 saturated heterocycles. The van der Waals surface area contributed by atoms with E-state index < -0.39 is 11.9 Å². The van der Waals surface area contributed by atoms with Gasteiger partial charge in [-0.15, -0.1) is 0 Å². The van der Waals surface area contributed by atoms with Crippen LogP contribution in [0.15, 0.2) is 47.4 Å². The number of amides is 2. The molecule has 2 aromatic rings. The Bertz CT molecular complexity index is 1060. The van der Waals surface area contributed by atoms with Gasteiger partial charge in [-0.05, 0) is 54.6 Å². The molecule has 0 radical (unpaired) electrons. The molecule has 33 heavy (non-hydrogen) atoms. The van der Waals surface area contributed by atoms with Gasteiger partial charge in [-0.25, -0.2) is 4.79 Å². The lowest BCUT2D eigenvalue weighted by Gasteiger charge is -2.14. The molecule has 1 aliphatic rings. The molecule has 0 saturated carbocycles. The molecular formula is C23H22ClNO7S. The van der Waals surface area contributed by atoms with Crippen LogP contribution in [0.2, 0.25) is 5.02 Å². The molecule has 1 aliphatic heterocycles. The van der Waals surface area contributed by atoms with Crippen molar-refractivity contribution in [3.63, 3.8) is 0 Å². The third kappa shape index (κ3) is 6.43. The van der Waals surface area contributed by atoms with E-state index in [-0.39, 0.29) is 40.7 Å². The second-order valence-corrected chi connectivity index (χ2v) is 8.02. The van der Waals surface area contributed by atoms with Crippen molar-refractivity contribution in [3.05, 3.63) is 58.0 Å².